The summed E-state index contributed by atoms with van der Waals surface area (Å²) in [7, 11) is 1.65. The van der Waals surface area contributed by atoms with Gasteiger partial charge in [0.1, 0.15) is 11.6 Å². The minimum atomic E-state index is -0.285. The van der Waals surface area contributed by atoms with Crippen molar-refractivity contribution in [2.45, 2.75) is 19.9 Å². The zero-order valence-corrected chi connectivity index (χ0v) is 19.3. The van der Waals surface area contributed by atoms with Gasteiger partial charge in [-0.3, -0.25) is 9.69 Å². The summed E-state index contributed by atoms with van der Waals surface area (Å²) in [5, 5.41) is 3.14. The van der Waals surface area contributed by atoms with Gasteiger partial charge in [0, 0.05) is 36.7 Å². The molecule has 3 aromatic rings. The number of morpholine rings is 1. The van der Waals surface area contributed by atoms with E-state index >= 15 is 0 Å². The first-order valence-corrected chi connectivity index (χ1v) is 11.2. The fraction of sp³-hybridized carbons (Fsp3) is 0.346. The molecular formula is C26H30FN3O3. The third kappa shape index (κ3) is 5.10. The molecule has 0 radical (unpaired) electrons. The van der Waals surface area contributed by atoms with Crippen LogP contribution >= 0.6 is 0 Å². The Hall–Kier alpha value is -3.16. The first-order chi connectivity index (χ1) is 16.0. The first kappa shape index (κ1) is 23.0. The van der Waals surface area contributed by atoms with Crippen molar-refractivity contribution in [3.63, 3.8) is 0 Å². The molecule has 2 heterocycles. The number of amides is 1. The Bertz CT molecular complexity index is 1090. The average Bonchev–Trinajstić information content (AvgIpc) is 3.14. The number of nitrogens with one attached hydrogen (secondary N) is 1. The lowest BCUT2D eigenvalue weighted by molar-refractivity contribution is 0.0162. The molecule has 1 aliphatic heterocycles. The number of rotatable bonds is 7. The van der Waals surface area contributed by atoms with Crippen LogP contribution in [0.4, 0.5) is 4.39 Å². The van der Waals surface area contributed by atoms with Crippen LogP contribution in [-0.2, 0) is 4.74 Å². The van der Waals surface area contributed by atoms with E-state index in [4.69, 9.17) is 9.47 Å². The predicted octanol–water partition coefficient (Wildman–Crippen LogP) is 4.05. The average molecular weight is 452 g/mol. The monoisotopic (exact) mass is 451 g/mol. The predicted molar refractivity (Wildman–Crippen MR) is 126 cm³/mol. The molecule has 1 aliphatic rings. The van der Waals surface area contributed by atoms with Crippen LogP contribution in [0.5, 0.6) is 5.75 Å². The molecule has 1 aromatic heterocycles. The molecule has 33 heavy (non-hydrogen) atoms. The van der Waals surface area contributed by atoms with Crippen molar-refractivity contribution >= 4 is 5.91 Å². The minimum Gasteiger partial charge on any atom is -0.497 e. The second kappa shape index (κ2) is 10.2. The highest BCUT2D eigenvalue weighted by molar-refractivity contribution is 5.96. The van der Waals surface area contributed by atoms with Crippen molar-refractivity contribution in [3.05, 3.63) is 82.9 Å². The third-order valence-electron chi connectivity index (χ3n) is 6.20. The van der Waals surface area contributed by atoms with Gasteiger partial charge < -0.3 is 19.4 Å². The fourth-order valence-corrected chi connectivity index (χ4v) is 4.44. The van der Waals surface area contributed by atoms with Gasteiger partial charge >= 0.3 is 0 Å². The van der Waals surface area contributed by atoms with Gasteiger partial charge in [-0.15, -0.1) is 0 Å². The molecule has 1 N–H and O–H groups in total. The van der Waals surface area contributed by atoms with Gasteiger partial charge in [-0.25, -0.2) is 4.39 Å². The quantitative estimate of drug-likeness (QED) is 0.589. The van der Waals surface area contributed by atoms with Gasteiger partial charge in [-0.2, -0.15) is 0 Å². The van der Waals surface area contributed by atoms with E-state index < -0.39 is 0 Å². The Balaban J connectivity index is 1.53. The highest BCUT2D eigenvalue weighted by Crippen LogP contribution is 2.25. The van der Waals surface area contributed by atoms with E-state index in [1.54, 1.807) is 19.2 Å². The number of aryl methyl sites for hydroxylation is 1. The first-order valence-electron chi connectivity index (χ1n) is 11.2. The van der Waals surface area contributed by atoms with Gasteiger partial charge in [0.15, 0.2) is 0 Å². The van der Waals surface area contributed by atoms with Crippen molar-refractivity contribution < 1.29 is 18.7 Å². The van der Waals surface area contributed by atoms with E-state index in [0.29, 0.717) is 25.3 Å². The van der Waals surface area contributed by atoms with E-state index in [2.05, 4.69) is 10.2 Å². The van der Waals surface area contributed by atoms with Crippen molar-refractivity contribution in [2.24, 2.45) is 0 Å². The summed E-state index contributed by atoms with van der Waals surface area (Å²) in [4.78, 5) is 15.5. The lowest BCUT2D eigenvalue weighted by atomic mass is 10.0. The topological polar surface area (TPSA) is 55.7 Å². The molecule has 2 aromatic carbocycles. The van der Waals surface area contributed by atoms with Gasteiger partial charge in [-0.05, 0) is 61.9 Å². The van der Waals surface area contributed by atoms with Crippen molar-refractivity contribution in [1.82, 2.24) is 14.8 Å². The maximum atomic E-state index is 13.4. The molecule has 6 nitrogen and oxygen atoms in total. The number of benzene rings is 2. The summed E-state index contributed by atoms with van der Waals surface area (Å²) in [6, 6.07) is 16.2. The minimum absolute atomic E-state index is 0.0318. The summed E-state index contributed by atoms with van der Waals surface area (Å²) in [5.74, 6) is 0.395. The van der Waals surface area contributed by atoms with E-state index in [0.717, 1.165) is 41.5 Å². The summed E-state index contributed by atoms with van der Waals surface area (Å²) in [5.41, 5.74) is 4.31. The van der Waals surface area contributed by atoms with Crippen LogP contribution in [0, 0.1) is 19.7 Å². The summed E-state index contributed by atoms with van der Waals surface area (Å²) in [6.45, 7) is 7.32. The van der Waals surface area contributed by atoms with E-state index in [1.807, 2.05) is 48.7 Å². The van der Waals surface area contributed by atoms with E-state index in [1.165, 1.54) is 12.1 Å². The molecule has 0 aliphatic carbocycles. The summed E-state index contributed by atoms with van der Waals surface area (Å²) in [6.07, 6.45) is 0. The van der Waals surface area contributed by atoms with Crippen LogP contribution in [0.3, 0.4) is 0 Å². The highest BCUT2D eigenvalue weighted by atomic mass is 19.1. The number of ether oxygens (including phenoxy) is 2. The zero-order chi connectivity index (χ0) is 23.4. The number of hydrogen-bond acceptors (Lipinski definition) is 4. The number of halogens is 1. The Morgan fingerprint density at radius 1 is 1.09 bits per heavy atom. The number of hydrogen-bond donors (Lipinski definition) is 1. The van der Waals surface area contributed by atoms with Gasteiger partial charge in [0.05, 0.1) is 31.9 Å². The van der Waals surface area contributed by atoms with Crippen LogP contribution < -0.4 is 10.1 Å². The fourth-order valence-electron chi connectivity index (χ4n) is 4.44. The van der Waals surface area contributed by atoms with Gasteiger partial charge in [-0.1, -0.05) is 12.1 Å². The normalized spacial score (nSPS) is 15.3. The maximum Gasteiger partial charge on any atom is 0.253 e. The van der Waals surface area contributed by atoms with Crippen LogP contribution in [0.1, 0.15) is 33.4 Å². The Kier molecular flexibility index (Phi) is 7.11. The smallest absolute Gasteiger partial charge is 0.253 e. The summed E-state index contributed by atoms with van der Waals surface area (Å²) < 4.78 is 26.1. The van der Waals surface area contributed by atoms with E-state index in [9.17, 15) is 9.18 Å². The standard InChI is InChI=1S/C26H30FN3O3/c1-18-16-24(19(2)30(18)22-8-6-21(27)7-9-22)26(31)28-17-25(29-12-14-33-15-13-29)20-4-10-23(32-3)11-5-20/h4-11,16,25H,12-15,17H2,1-3H3,(H,28,31). The zero-order valence-electron chi connectivity index (χ0n) is 19.3. The van der Waals surface area contributed by atoms with Crippen LogP contribution in [0.25, 0.3) is 5.69 Å². The van der Waals surface area contributed by atoms with Crippen LogP contribution in [0.2, 0.25) is 0 Å². The third-order valence-corrected chi connectivity index (χ3v) is 6.20. The van der Waals surface area contributed by atoms with Crippen molar-refractivity contribution in [1.29, 1.82) is 0 Å². The molecule has 4 rings (SSSR count). The molecule has 0 saturated carbocycles. The number of methoxy groups -OCH3 is 1. The Morgan fingerprint density at radius 3 is 2.39 bits per heavy atom. The lowest BCUT2D eigenvalue weighted by Crippen LogP contribution is -2.43. The maximum absolute atomic E-state index is 13.4. The molecule has 7 heteroatoms. The van der Waals surface area contributed by atoms with E-state index in [-0.39, 0.29) is 17.8 Å². The Morgan fingerprint density at radius 2 is 1.76 bits per heavy atom. The SMILES string of the molecule is COc1ccc(C(CNC(=O)c2cc(C)n(-c3ccc(F)cc3)c2C)N2CCOCC2)cc1. The Labute approximate surface area is 193 Å². The van der Waals surface area contributed by atoms with Crippen molar-refractivity contribution in [3.8, 4) is 11.4 Å². The molecule has 1 saturated heterocycles. The molecule has 174 valence electrons. The molecular weight excluding hydrogens is 421 g/mol. The molecule has 0 spiro atoms. The second-order valence-electron chi connectivity index (χ2n) is 8.24. The molecule has 0 bridgehead atoms. The molecule has 1 unspecified atom stereocenters. The highest BCUT2D eigenvalue weighted by Gasteiger charge is 2.24. The molecule has 1 amide bonds. The second-order valence-corrected chi connectivity index (χ2v) is 8.24. The number of nitrogens with zero attached hydrogens (tertiary/aromatic N) is 2. The van der Waals surface area contributed by atoms with Crippen molar-refractivity contribution in [2.75, 3.05) is 40.0 Å². The molecule has 1 fully saturated rings. The number of carbonyl (C=O) groups is 1. The molecule has 1 atom stereocenters. The van der Waals surface area contributed by atoms with Crippen LogP contribution in [-0.4, -0.2) is 55.3 Å². The largest absolute Gasteiger partial charge is 0.497 e. The van der Waals surface area contributed by atoms with Gasteiger partial charge in [0.25, 0.3) is 5.91 Å². The summed E-state index contributed by atoms with van der Waals surface area (Å²) >= 11 is 0. The van der Waals surface area contributed by atoms with Crippen LogP contribution in [0.15, 0.2) is 54.6 Å². The van der Waals surface area contributed by atoms with Gasteiger partial charge in [0.2, 0.25) is 0 Å². The number of aromatic nitrogens is 1. The number of carbonyl (C=O) groups excluding carboxylic acids is 1. The lowest BCUT2D eigenvalue weighted by Gasteiger charge is -2.35.